The molecule has 6 nitrogen and oxygen atoms in total. The van der Waals surface area contributed by atoms with Crippen molar-refractivity contribution in [1.82, 2.24) is 10.6 Å². The van der Waals surface area contributed by atoms with Crippen molar-refractivity contribution in [1.29, 1.82) is 0 Å². The quantitative estimate of drug-likeness (QED) is 0.578. The van der Waals surface area contributed by atoms with Gasteiger partial charge in [0.2, 0.25) is 0 Å². The Hall–Kier alpha value is -2.06. The third kappa shape index (κ3) is 8.35. The molecule has 26 heavy (non-hydrogen) atoms. The van der Waals surface area contributed by atoms with Crippen molar-refractivity contribution < 1.29 is 9.59 Å². The summed E-state index contributed by atoms with van der Waals surface area (Å²) in [7, 11) is 0. The van der Waals surface area contributed by atoms with Crippen LogP contribution in [-0.4, -0.2) is 32.9 Å². The third-order valence-corrected chi connectivity index (χ3v) is 3.34. The largest absolute Gasteiger partial charge is 0.367 e. The van der Waals surface area contributed by atoms with Crippen LogP contribution in [0, 0.1) is 0 Å². The summed E-state index contributed by atoms with van der Waals surface area (Å²) in [4.78, 5) is 24.5. The lowest BCUT2D eigenvalue weighted by Crippen LogP contribution is -2.45. The zero-order valence-corrected chi connectivity index (χ0v) is 17.6. The lowest BCUT2D eigenvalue weighted by Gasteiger charge is -2.22. The fourth-order valence-corrected chi connectivity index (χ4v) is 2.56. The van der Waals surface area contributed by atoms with E-state index in [9.17, 15) is 9.59 Å². The topological polar surface area (TPSA) is 82.3 Å². The average molecular weight is 395 g/mol. The van der Waals surface area contributed by atoms with E-state index in [4.69, 9.17) is 24.4 Å². The van der Waals surface area contributed by atoms with Crippen molar-refractivity contribution in [2.45, 2.75) is 52.6 Å². The van der Waals surface area contributed by atoms with Crippen LogP contribution in [0.3, 0.4) is 0 Å². The van der Waals surface area contributed by atoms with Gasteiger partial charge in [-0.25, -0.2) is 0 Å². The minimum Gasteiger partial charge on any atom is -0.367 e. The van der Waals surface area contributed by atoms with Gasteiger partial charge in [0.05, 0.1) is 0 Å². The first-order chi connectivity index (χ1) is 11.8. The van der Waals surface area contributed by atoms with Crippen LogP contribution in [-0.2, 0) is 9.59 Å². The Morgan fingerprint density at radius 3 is 1.42 bits per heavy atom. The van der Waals surface area contributed by atoms with E-state index in [1.54, 1.807) is 24.3 Å². The van der Waals surface area contributed by atoms with E-state index in [1.165, 1.54) is 0 Å². The van der Waals surface area contributed by atoms with Gasteiger partial charge in [-0.3, -0.25) is 9.59 Å². The van der Waals surface area contributed by atoms with Crippen LogP contribution in [0.15, 0.2) is 24.3 Å². The first kappa shape index (κ1) is 22.0. The lowest BCUT2D eigenvalue weighted by atomic mass is 10.1. The number of carbonyl (C=O) groups is 2. The van der Waals surface area contributed by atoms with Crippen LogP contribution in [0.25, 0.3) is 0 Å². The van der Waals surface area contributed by atoms with Crippen molar-refractivity contribution >= 4 is 57.6 Å². The lowest BCUT2D eigenvalue weighted by molar-refractivity contribution is -0.111. The number of hydrogen-bond donors (Lipinski definition) is 4. The molecule has 0 unspecified atom stereocenters. The molecule has 0 saturated heterocycles. The molecule has 1 aromatic rings. The second kappa shape index (κ2) is 8.55. The highest BCUT2D eigenvalue weighted by molar-refractivity contribution is 7.82. The summed E-state index contributed by atoms with van der Waals surface area (Å²) in [5.41, 5.74) is 0.418. The minimum absolute atomic E-state index is 0.0995. The van der Waals surface area contributed by atoms with Crippen LogP contribution < -0.4 is 21.3 Å². The first-order valence-electron chi connectivity index (χ1n) is 8.14. The van der Waals surface area contributed by atoms with Gasteiger partial charge in [0, 0.05) is 22.5 Å². The van der Waals surface area contributed by atoms with Gasteiger partial charge in [-0.05, 0) is 59.7 Å². The average Bonchev–Trinajstić information content (AvgIpc) is 2.43. The van der Waals surface area contributed by atoms with Crippen LogP contribution in [0.4, 0.5) is 11.4 Å². The highest BCUT2D eigenvalue weighted by Crippen LogP contribution is 2.15. The molecule has 8 heteroatoms. The highest BCUT2D eigenvalue weighted by Gasteiger charge is 2.18. The van der Waals surface area contributed by atoms with E-state index in [0.717, 1.165) is 0 Å². The smallest absolute Gasteiger partial charge is 0.283 e. The number of benzene rings is 1. The third-order valence-electron chi connectivity index (χ3n) is 2.77. The summed E-state index contributed by atoms with van der Waals surface area (Å²) < 4.78 is 0. The summed E-state index contributed by atoms with van der Waals surface area (Å²) in [6, 6.07) is 6.76. The maximum absolute atomic E-state index is 12.2. The molecular weight excluding hydrogens is 368 g/mol. The zero-order chi connectivity index (χ0) is 20.1. The Labute approximate surface area is 165 Å². The van der Waals surface area contributed by atoms with Gasteiger partial charge in [0.15, 0.2) is 9.98 Å². The van der Waals surface area contributed by atoms with Crippen molar-refractivity contribution in [2.24, 2.45) is 0 Å². The van der Waals surface area contributed by atoms with Crippen LogP contribution in [0.5, 0.6) is 0 Å². The van der Waals surface area contributed by atoms with Gasteiger partial charge in [-0.15, -0.1) is 0 Å². The molecule has 0 aliphatic rings. The van der Waals surface area contributed by atoms with Gasteiger partial charge in [0.25, 0.3) is 11.8 Å². The SMILES string of the molecule is CC(C)(C)NC(=S)C(=O)Nc1cccc(NC(=O)C(=S)NC(C)(C)C)c1. The second-order valence-electron chi connectivity index (χ2n) is 7.90. The maximum atomic E-state index is 12.2. The summed E-state index contributed by atoms with van der Waals surface area (Å²) >= 11 is 10.2. The standard InChI is InChI=1S/C18H26N4O2S2/c1-17(2,3)21-15(25)13(23)19-11-8-7-9-12(10-11)20-14(24)16(26)22-18(4,5)6/h7-10H,1-6H3,(H,19,23)(H,20,24)(H,21,25)(H,22,26). The van der Waals surface area contributed by atoms with Crippen LogP contribution >= 0.6 is 24.4 Å². The Morgan fingerprint density at radius 1 is 0.769 bits per heavy atom. The number of carbonyl (C=O) groups excluding carboxylic acids is 2. The molecule has 2 amide bonds. The Balaban J connectivity index is 2.73. The second-order valence-corrected chi connectivity index (χ2v) is 8.71. The molecule has 0 aliphatic carbocycles. The molecule has 0 bridgehead atoms. The summed E-state index contributed by atoms with van der Waals surface area (Å²) in [5.74, 6) is -0.827. The van der Waals surface area contributed by atoms with E-state index in [2.05, 4.69) is 21.3 Å². The Kier molecular flexibility index (Phi) is 7.23. The monoisotopic (exact) mass is 394 g/mol. The summed E-state index contributed by atoms with van der Waals surface area (Å²) in [6.45, 7) is 11.5. The minimum atomic E-state index is -0.414. The highest BCUT2D eigenvalue weighted by atomic mass is 32.1. The fraction of sp³-hybridized carbons (Fsp3) is 0.444. The molecular formula is C18H26N4O2S2. The van der Waals surface area contributed by atoms with E-state index in [1.807, 2.05) is 41.5 Å². The van der Waals surface area contributed by atoms with Crippen LogP contribution in [0.2, 0.25) is 0 Å². The molecule has 0 saturated carbocycles. The van der Waals surface area contributed by atoms with Gasteiger partial charge < -0.3 is 21.3 Å². The van der Waals surface area contributed by atoms with E-state index in [-0.39, 0.29) is 21.1 Å². The number of rotatable bonds is 2. The Morgan fingerprint density at radius 2 is 1.12 bits per heavy atom. The van der Waals surface area contributed by atoms with Crippen molar-refractivity contribution in [2.75, 3.05) is 10.6 Å². The number of amides is 2. The molecule has 142 valence electrons. The Bertz CT molecular complexity index is 661. The van der Waals surface area contributed by atoms with Crippen molar-refractivity contribution in [3.05, 3.63) is 24.3 Å². The van der Waals surface area contributed by atoms with Gasteiger partial charge in [0.1, 0.15) is 0 Å². The normalized spacial score (nSPS) is 11.3. The van der Waals surface area contributed by atoms with Gasteiger partial charge >= 0.3 is 0 Å². The molecule has 0 radical (unpaired) electrons. The van der Waals surface area contributed by atoms with Gasteiger partial charge in [-0.2, -0.15) is 0 Å². The molecule has 0 aliphatic heterocycles. The fourth-order valence-electron chi connectivity index (χ4n) is 1.85. The molecule has 1 aromatic carbocycles. The summed E-state index contributed by atoms with van der Waals surface area (Å²) in [6.07, 6.45) is 0. The maximum Gasteiger partial charge on any atom is 0.283 e. The van der Waals surface area contributed by atoms with Crippen molar-refractivity contribution in [3.63, 3.8) is 0 Å². The van der Waals surface area contributed by atoms with E-state index in [0.29, 0.717) is 11.4 Å². The molecule has 0 spiro atoms. The molecule has 0 fully saturated rings. The number of hydrogen-bond acceptors (Lipinski definition) is 4. The zero-order valence-electron chi connectivity index (χ0n) is 15.9. The number of nitrogens with one attached hydrogen (secondary N) is 4. The molecule has 0 aromatic heterocycles. The number of thiocarbonyl (C=S) groups is 2. The predicted molar refractivity (Wildman–Crippen MR) is 115 cm³/mol. The molecule has 1 rings (SSSR count). The molecule has 4 N–H and O–H groups in total. The van der Waals surface area contributed by atoms with Gasteiger partial charge in [-0.1, -0.05) is 30.5 Å². The van der Waals surface area contributed by atoms with Crippen LogP contribution in [0.1, 0.15) is 41.5 Å². The number of anilines is 2. The molecule has 0 heterocycles. The van der Waals surface area contributed by atoms with Crippen molar-refractivity contribution in [3.8, 4) is 0 Å². The van der Waals surface area contributed by atoms with E-state index < -0.39 is 11.8 Å². The molecule has 0 atom stereocenters. The van der Waals surface area contributed by atoms with E-state index >= 15 is 0 Å². The summed E-state index contributed by atoms with van der Waals surface area (Å²) in [5, 5.41) is 11.3. The predicted octanol–water partition coefficient (Wildman–Crippen LogP) is 2.99. The first-order valence-corrected chi connectivity index (χ1v) is 8.95.